The SMILES string of the molecule is C[C@]1(COc2nc(N)nc([C@@H]3CCC[C@H](c4nnc5ccccn45)C3)c2C(F)(F)F)CCO1. The minimum absolute atomic E-state index is 0.0367. The van der Waals surface area contributed by atoms with Gasteiger partial charge in [0.2, 0.25) is 11.8 Å². The Morgan fingerprint density at radius 3 is 2.73 bits per heavy atom. The van der Waals surface area contributed by atoms with Gasteiger partial charge in [0.25, 0.3) is 0 Å². The van der Waals surface area contributed by atoms with Gasteiger partial charge in [-0.3, -0.25) is 4.40 Å². The monoisotopic (exact) mass is 462 g/mol. The molecule has 33 heavy (non-hydrogen) atoms. The molecule has 11 heteroatoms. The smallest absolute Gasteiger partial charge is 0.423 e. The Bertz CT molecular complexity index is 1160. The van der Waals surface area contributed by atoms with Gasteiger partial charge in [0.15, 0.2) is 5.65 Å². The number of hydrogen-bond acceptors (Lipinski definition) is 7. The van der Waals surface area contributed by atoms with Crippen molar-refractivity contribution in [1.29, 1.82) is 0 Å². The zero-order valence-corrected chi connectivity index (χ0v) is 18.2. The minimum Gasteiger partial charge on any atom is -0.474 e. The molecule has 0 unspecified atom stereocenters. The van der Waals surface area contributed by atoms with Crippen molar-refractivity contribution in [3.05, 3.63) is 41.5 Å². The number of halogens is 3. The summed E-state index contributed by atoms with van der Waals surface area (Å²) in [6.45, 7) is 2.32. The van der Waals surface area contributed by atoms with E-state index in [-0.39, 0.29) is 24.2 Å². The van der Waals surface area contributed by atoms with Crippen LogP contribution in [0.15, 0.2) is 24.4 Å². The molecule has 0 aromatic carbocycles. The highest BCUT2D eigenvalue weighted by atomic mass is 19.4. The highest BCUT2D eigenvalue weighted by molar-refractivity contribution is 5.41. The van der Waals surface area contributed by atoms with Crippen molar-refractivity contribution in [3.8, 4) is 5.88 Å². The van der Waals surface area contributed by atoms with Crippen LogP contribution < -0.4 is 10.5 Å². The number of hydrogen-bond donors (Lipinski definition) is 1. The Morgan fingerprint density at radius 2 is 2.00 bits per heavy atom. The summed E-state index contributed by atoms with van der Waals surface area (Å²) in [5, 5.41) is 8.51. The Balaban J connectivity index is 1.48. The van der Waals surface area contributed by atoms with E-state index in [0.29, 0.717) is 31.5 Å². The van der Waals surface area contributed by atoms with Crippen LogP contribution in [0.2, 0.25) is 0 Å². The average molecular weight is 462 g/mol. The number of nitrogen functional groups attached to an aromatic ring is 1. The van der Waals surface area contributed by atoms with Gasteiger partial charge < -0.3 is 15.2 Å². The van der Waals surface area contributed by atoms with Crippen LogP contribution in [0.4, 0.5) is 19.1 Å². The van der Waals surface area contributed by atoms with Crippen molar-refractivity contribution in [1.82, 2.24) is 24.6 Å². The summed E-state index contributed by atoms with van der Waals surface area (Å²) in [5.74, 6) is -0.526. The van der Waals surface area contributed by atoms with E-state index in [0.717, 1.165) is 18.7 Å². The molecule has 176 valence electrons. The largest absolute Gasteiger partial charge is 0.474 e. The van der Waals surface area contributed by atoms with E-state index < -0.39 is 29.1 Å². The molecule has 2 fully saturated rings. The predicted molar refractivity (Wildman–Crippen MR) is 113 cm³/mol. The van der Waals surface area contributed by atoms with Crippen molar-refractivity contribution < 1.29 is 22.6 Å². The Hall–Kier alpha value is -2.95. The van der Waals surface area contributed by atoms with Crippen LogP contribution in [0.1, 0.15) is 67.9 Å². The summed E-state index contributed by atoms with van der Waals surface area (Å²) in [6.07, 6.45) is 0.454. The first-order valence-corrected chi connectivity index (χ1v) is 11.0. The molecule has 8 nitrogen and oxygen atoms in total. The number of fused-ring (bicyclic) bond motifs is 1. The second kappa shape index (κ2) is 8.12. The van der Waals surface area contributed by atoms with Crippen molar-refractivity contribution in [2.24, 2.45) is 0 Å². The van der Waals surface area contributed by atoms with Crippen LogP contribution in [0, 0.1) is 0 Å². The molecule has 0 amide bonds. The lowest BCUT2D eigenvalue weighted by Crippen LogP contribution is -2.46. The van der Waals surface area contributed by atoms with E-state index in [1.807, 2.05) is 28.8 Å². The van der Waals surface area contributed by atoms with Crippen molar-refractivity contribution in [2.45, 2.75) is 62.6 Å². The van der Waals surface area contributed by atoms with Crippen LogP contribution in [0.25, 0.3) is 5.65 Å². The van der Waals surface area contributed by atoms with Crippen LogP contribution in [-0.4, -0.2) is 43.4 Å². The molecule has 0 bridgehead atoms. The normalized spacial score (nSPS) is 25.7. The second-order valence-corrected chi connectivity index (χ2v) is 9.03. The molecule has 2 N–H and O–H groups in total. The van der Waals surface area contributed by atoms with Crippen LogP contribution >= 0.6 is 0 Å². The third kappa shape index (κ3) is 4.21. The fraction of sp³-hybridized carbons (Fsp3) is 0.545. The van der Waals surface area contributed by atoms with Crippen LogP contribution in [0.5, 0.6) is 5.88 Å². The van der Waals surface area contributed by atoms with Crippen LogP contribution in [-0.2, 0) is 10.9 Å². The van der Waals surface area contributed by atoms with E-state index in [2.05, 4.69) is 20.2 Å². The molecule has 3 aromatic rings. The summed E-state index contributed by atoms with van der Waals surface area (Å²) in [4.78, 5) is 7.88. The zero-order chi connectivity index (χ0) is 23.2. The lowest BCUT2D eigenvalue weighted by atomic mass is 9.78. The highest BCUT2D eigenvalue weighted by Gasteiger charge is 2.44. The molecular weight excluding hydrogens is 437 g/mol. The number of pyridine rings is 1. The van der Waals surface area contributed by atoms with Crippen molar-refractivity contribution in [2.75, 3.05) is 18.9 Å². The summed E-state index contributed by atoms with van der Waals surface area (Å²) in [6, 6.07) is 5.59. The Kier molecular flexibility index (Phi) is 5.38. The third-order valence-corrected chi connectivity index (χ3v) is 6.57. The number of aromatic nitrogens is 5. The molecule has 0 spiro atoms. The predicted octanol–water partition coefficient (Wildman–Crippen LogP) is 4.12. The summed E-state index contributed by atoms with van der Waals surface area (Å²) in [7, 11) is 0. The summed E-state index contributed by atoms with van der Waals surface area (Å²) >= 11 is 0. The van der Waals surface area contributed by atoms with Gasteiger partial charge in [0.1, 0.15) is 23.6 Å². The van der Waals surface area contributed by atoms with E-state index in [1.165, 1.54) is 0 Å². The van der Waals surface area contributed by atoms with E-state index in [1.54, 1.807) is 6.92 Å². The number of rotatable bonds is 5. The van der Waals surface area contributed by atoms with Crippen LogP contribution in [0.3, 0.4) is 0 Å². The fourth-order valence-corrected chi connectivity index (χ4v) is 4.74. The lowest BCUT2D eigenvalue weighted by Gasteiger charge is -2.38. The van der Waals surface area contributed by atoms with Gasteiger partial charge in [-0.15, -0.1) is 10.2 Å². The summed E-state index contributed by atoms with van der Waals surface area (Å²) < 4.78 is 55.6. The quantitative estimate of drug-likeness (QED) is 0.609. The number of nitrogens with two attached hydrogens (primary N) is 1. The molecule has 1 aliphatic heterocycles. The first kappa shape index (κ1) is 21.9. The van der Waals surface area contributed by atoms with Gasteiger partial charge in [0.05, 0.1) is 12.3 Å². The number of alkyl halides is 3. The Labute approximate surface area is 188 Å². The fourth-order valence-electron chi connectivity index (χ4n) is 4.74. The van der Waals surface area contributed by atoms with Gasteiger partial charge in [-0.1, -0.05) is 12.5 Å². The third-order valence-electron chi connectivity index (χ3n) is 6.57. The number of anilines is 1. The highest BCUT2D eigenvalue weighted by Crippen LogP contribution is 2.46. The topological polar surface area (TPSA) is 100 Å². The summed E-state index contributed by atoms with van der Waals surface area (Å²) in [5.41, 5.74) is 4.87. The van der Waals surface area contributed by atoms with Gasteiger partial charge in [-0.2, -0.15) is 18.2 Å². The zero-order valence-electron chi connectivity index (χ0n) is 18.2. The van der Waals surface area contributed by atoms with Gasteiger partial charge in [-0.25, -0.2) is 4.98 Å². The lowest BCUT2D eigenvalue weighted by molar-refractivity contribution is -0.158. The van der Waals surface area contributed by atoms with E-state index in [9.17, 15) is 13.2 Å². The van der Waals surface area contributed by atoms with E-state index in [4.69, 9.17) is 15.2 Å². The van der Waals surface area contributed by atoms with E-state index >= 15 is 0 Å². The minimum atomic E-state index is -4.69. The molecule has 4 heterocycles. The Morgan fingerprint density at radius 1 is 1.21 bits per heavy atom. The maximum Gasteiger partial charge on any atom is 0.423 e. The maximum absolute atomic E-state index is 14.2. The maximum atomic E-state index is 14.2. The molecular formula is C22H25F3N6O2. The molecule has 1 saturated carbocycles. The average Bonchev–Trinajstić information content (AvgIpc) is 3.19. The molecule has 5 rings (SSSR count). The molecule has 2 aliphatic rings. The number of nitrogens with zero attached hydrogens (tertiary/aromatic N) is 5. The number of ether oxygens (including phenoxy) is 2. The standard InChI is InChI=1S/C22H25F3N6O2/c1-21(8-10-33-21)12-32-19-16(22(23,24)25)17(27-20(26)28-19)13-5-4-6-14(11-13)18-30-29-15-7-2-3-9-31(15)18/h2-3,7,9,13-14H,4-6,8,10-12H2,1H3,(H2,26,27,28)/t13-,14+,21-/m1/s1. The molecule has 3 aromatic heterocycles. The second-order valence-electron chi connectivity index (χ2n) is 9.03. The molecule has 3 atom stereocenters. The first-order valence-electron chi connectivity index (χ1n) is 11.0. The first-order chi connectivity index (χ1) is 15.7. The van der Waals surface area contributed by atoms with Crippen molar-refractivity contribution >= 4 is 11.6 Å². The van der Waals surface area contributed by atoms with Gasteiger partial charge >= 0.3 is 6.18 Å². The molecule has 1 aliphatic carbocycles. The molecule has 1 saturated heterocycles. The van der Waals surface area contributed by atoms with Gasteiger partial charge in [-0.05, 0) is 38.3 Å². The van der Waals surface area contributed by atoms with Crippen molar-refractivity contribution in [3.63, 3.8) is 0 Å². The molecule has 0 radical (unpaired) electrons. The van der Waals surface area contributed by atoms with Gasteiger partial charge in [0, 0.05) is 24.5 Å².